The number of carbonyl (C=O) groups excluding carboxylic acids is 1. The molecule has 0 bridgehead atoms. The van der Waals surface area contributed by atoms with E-state index in [1.807, 2.05) is 0 Å². The van der Waals surface area contributed by atoms with Crippen LogP contribution < -0.4 is 5.32 Å². The molecular weight excluding hydrogens is 264 g/mol. The van der Waals surface area contributed by atoms with Crippen molar-refractivity contribution in [3.8, 4) is 0 Å². The molecule has 1 radical (unpaired) electrons. The predicted octanol–water partition coefficient (Wildman–Crippen LogP) is 0.491. The van der Waals surface area contributed by atoms with E-state index in [0.29, 0.717) is 0 Å². The average Bonchev–Trinajstić information content (AvgIpc) is 2.24. The minimum absolute atomic E-state index is 0. The van der Waals surface area contributed by atoms with Gasteiger partial charge in [0.1, 0.15) is 7.85 Å². The fourth-order valence-corrected chi connectivity index (χ4v) is 1.26. The van der Waals surface area contributed by atoms with Crippen molar-refractivity contribution in [3.63, 3.8) is 0 Å². The first-order valence-electron chi connectivity index (χ1n) is 4.52. The number of hydrogen-bond acceptors (Lipinski definition) is 1. The van der Waals surface area contributed by atoms with Crippen LogP contribution in [0.1, 0.15) is 15.9 Å². The molecule has 0 saturated carbocycles. The van der Waals surface area contributed by atoms with Crippen LogP contribution in [0.15, 0.2) is 0 Å². The van der Waals surface area contributed by atoms with Crippen molar-refractivity contribution in [2.75, 3.05) is 6.44 Å². The number of rotatable bonds is 2. The first-order valence-corrected chi connectivity index (χ1v) is 4.52. The maximum Gasteiger partial charge on any atom is 0.254 e. The number of amides is 1. The smallest absolute Gasteiger partial charge is 0.254 e. The molecule has 0 heterocycles. The summed E-state index contributed by atoms with van der Waals surface area (Å²) in [6, 6.07) is 0. The van der Waals surface area contributed by atoms with Crippen LogP contribution in [0.4, 0.5) is 17.6 Å². The van der Waals surface area contributed by atoms with Gasteiger partial charge in [0.25, 0.3) is 5.91 Å². The molecule has 0 spiro atoms. The van der Waals surface area contributed by atoms with Crippen LogP contribution in [0.2, 0.25) is 0 Å². The summed E-state index contributed by atoms with van der Waals surface area (Å²) < 4.78 is 51.9. The third kappa shape index (κ3) is 3.31. The minimum Gasteiger partial charge on any atom is -0.360 e. The molecule has 0 fully saturated rings. The Labute approximate surface area is 139 Å². The number of hydrogen-bond donors (Lipinski definition) is 1. The Morgan fingerprint density at radius 2 is 1.59 bits per heavy atom. The first kappa shape index (κ1) is 17.1. The van der Waals surface area contributed by atoms with Gasteiger partial charge in [-0.1, -0.05) is 0 Å². The minimum atomic E-state index is -1.98. The summed E-state index contributed by atoms with van der Waals surface area (Å²) in [6.07, 6.45) is 0.165. The zero-order chi connectivity index (χ0) is 12.5. The Morgan fingerprint density at radius 3 is 2.06 bits per heavy atom. The molecule has 1 aromatic carbocycles. The van der Waals surface area contributed by atoms with Crippen LogP contribution in [-0.4, -0.2) is 71.6 Å². The largest absolute Gasteiger partial charge is 0.360 e. The van der Waals surface area contributed by atoms with E-state index in [-0.39, 0.29) is 57.8 Å². The average molecular weight is 272 g/mol. The molecule has 1 aromatic rings. The summed E-state index contributed by atoms with van der Waals surface area (Å²) in [4.78, 5) is 11.3. The Bertz CT molecular complexity index is 426. The van der Waals surface area contributed by atoms with E-state index < -0.39 is 40.3 Å². The molecule has 0 saturated heterocycles. The van der Waals surface area contributed by atoms with Crippen molar-refractivity contribution in [2.24, 2.45) is 0 Å². The van der Waals surface area contributed by atoms with E-state index >= 15 is 0 Å². The summed E-state index contributed by atoms with van der Waals surface area (Å²) in [6.45, 7) is 1.01. The molecule has 2 nitrogen and oxygen atoms in total. The number of benzene rings is 1. The molecule has 0 aromatic heterocycles. The quantitative estimate of drug-likeness (QED) is 0.361. The van der Waals surface area contributed by atoms with Crippen LogP contribution >= 0.6 is 0 Å². The third-order valence-electron chi connectivity index (χ3n) is 2.07. The topological polar surface area (TPSA) is 29.1 Å². The Kier molecular flexibility index (Phi) is 6.93. The van der Waals surface area contributed by atoms with E-state index in [9.17, 15) is 22.4 Å². The molecule has 1 amide bonds. The van der Waals surface area contributed by atoms with Gasteiger partial charge in [0.05, 0.1) is 5.56 Å². The van der Waals surface area contributed by atoms with Crippen LogP contribution in [0, 0.1) is 30.2 Å². The van der Waals surface area contributed by atoms with Crippen LogP contribution in [0.3, 0.4) is 0 Å². The van der Waals surface area contributed by atoms with Crippen molar-refractivity contribution in [1.29, 1.82) is 0 Å². The van der Waals surface area contributed by atoms with E-state index in [4.69, 9.17) is 0 Å². The van der Waals surface area contributed by atoms with Gasteiger partial charge in [-0.15, -0.1) is 0 Å². The summed E-state index contributed by atoms with van der Waals surface area (Å²) in [5, 5.41) is 2.18. The summed E-state index contributed by atoms with van der Waals surface area (Å²) in [7, 11) is 1.56. The summed E-state index contributed by atoms with van der Waals surface area (Å²) in [5.74, 6) is -8.11. The van der Waals surface area contributed by atoms with E-state index in [0.717, 1.165) is 6.92 Å². The molecule has 8 heteroatoms. The van der Waals surface area contributed by atoms with E-state index in [1.54, 1.807) is 7.85 Å². The van der Waals surface area contributed by atoms with Gasteiger partial charge in [-0.25, -0.2) is 17.6 Å². The molecule has 1 N–H and O–H groups in total. The number of halogens is 4. The van der Waals surface area contributed by atoms with Gasteiger partial charge in [-0.3, -0.25) is 4.79 Å². The molecule has 0 aliphatic rings. The zero-order valence-electron chi connectivity index (χ0n) is 9.63. The molecule has 0 atom stereocenters. The number of carbonyl (C=O) groups is 1. The van der Waals surface area contributed by atoms with Crippen LogP contribution in [-0.2, 0) is 0 Å². The van der Waals surface area contributed by atoms with Gasteiger partial charge in [0.15, 0.2) is 23.3 Å². The second kappa shape index (κ2) is 6.89. The van der Waals surface area contributed by atoms with E-state index in [1.165, 1.54) is 0 Å². The van der Waals surface area contributed by atoms with Gasteiger partial charge in [0, 0.05) is 56.9 Å². The molecule has 1 rings (SSSR count). The monoisotopic (exact) mass is 272 g/mol. The van der Waals surface area contributed by atoms with Gasteiger partial charge in [-0.2, -0.15) is 0 Å². The van der Waals surface area contributed by atoms with Crippen LogP contribution in [0.25, 0.3) is 0 Å². The Hall–Kier alpha value is 0.111. The van der Waals surface area contributed by atoms with Gasteiger partial charge < -0.3 is 5.32 Å². The summed E-state index contributed by atoms with van der Waals surface area (Å²) >= 11 is 0. The van der Waals surface area contributed by atoms with Crippen molar-refractivity contribution in [2.45, 2.75) is 6.92 Å². The van der Waals surface area contributed by atoms with Crippen LogP contribution in [0.5, 0.6) is 0 Å². The van der Waals surface area contributed by atoms with Crippen molar-refractivity contribution >= 4 is 65.1 Å². The molecule has 87 valence electrons. The summed E-state index contributed by atoms with van der Waals surface area (Å²) in [5.41, 5.74) is -1.36. The van der Waals surface area contributed by atoms with Gasteiger partial charge >= 0.3 is 0 Å². The molecule has 17 heavy (non-hydrogen) atoms. The fourth-order valence-electron chi connectivity index (χ4n) is 1.26. The predicted molar refractivity (Wildman–Crippen MR) is 57.6 cm³/mol. The third-order valence-corrected chi connectivity index (χ3v) is 2.07. The zero-order valence-corrected chi connectivity index (χ0v) is 12.8. The fraction of sp³-hybridized carbons (Fsp3) is 0.222. The molecule has 0 aliphatic carbocycles. The Balaban J connectivity index is 0.00000256. The first-order chi connectivity index (χ1) is 7.41. The maximum atomic E-state index is 13.2. The SMILES string of the molecule is BCNC(=O)c1c(C)c(F)c(F)c(F)c1F.[K]. The standard InChI is InChI=1S/C9H8BF4NO.K/c1-3-4(9(16)15-2-10)6(12)8(14)7(13)5(3)11;/h2,10H2,1H3,(H,15,16);. The number of nitrogens with one attached hydrogen (secondary N) is 1. The van der Waals surface area contributed by atoms with Gasteiger partial charge in [0.2, 0.25) is 0 Å². The van der Waals surface area contributed by atoms with Crippen molar-refractivity contribution in [3.05, 3.63) is 34.4 Å². The normalized spacial score (nSPS) is 9.71. The molecular formula is C9H8BF4KNO. The van der Waals surface area contributed by atoms with Crippen molar-refractivity contribution < 1.29 is 22.4 Å². The van der Waals surface area contributed by atoms with Gasteiger partial charge in [-0.05, 0) is 13.4 Å². The van der Waals surface area contributed by atoms with E-state index in [2.05, 4.69) is 5.32 Å². The second-order valence-corrected chi connectivity index (χ2v) is 3.12. The second-order valence-electron chi connectivity index (χ2n) is 3.12. The molecule has 0 unspecified atom stereocenters. The molecule has 0 aliphatic heterocycles. The van der Waals surface area contributed by atoms with Crippen molar-refractivity contribution in [1.82, 2.24) is 5.32 Å². The Morgan fingerprint density at radius 1 is 1.12 bits per heavy atom. The maximum absolute atomic E-state index is 13.2.